The summed E-state index contributed by atoms with van der Waals surface area (Å²) in [6.45, 7) is -0.000647. The Labute approximate surface area is 174 Å². The number of benzene rings is 2. The van der Waals surface area contributed by atoms with Gasteiger partial charge in [0.15, 0.2) is 0 Å². The van der Waals surface area contributed by atoms with E-state index in [0.29, 0.717) is 9.75 Å². The van der Waals surface area contributed by atoms with E-state index >= 15 is 0 Å². The first kappa shape index (κ1) is 21.5. The fourth-order valence-electron chi connectivity index (χ4n) is 2.70. The molecule has 5 nitrogen and oxygen atoms in total. The molecule has 0 radical (unpaired) electrons. The number of amides is 2. The summed E-state index contributed by atoms with van der Waals surface area (Å²) < 4.78 is 39.0. The Morgan fingerprint density at radius 2 is 1.60 bits per heavy atom. The molecule has 0 aliphatic heterocycles. The Morgan fingerprint density at radius 3 is 2.30 bits per heavy atom. The highest BCUT2D eigenvalue weighted by atomic mass is 32.1. The van der Waals surface area contributed by atoms with Gasteiger partial charge in [-0.3, -0.25) is 9.59 Å². The number of hydrogen-bond donors (Lipinski definition) is 3. The molecule has 0 fully saturated rings. The Bertz CT molecular complexity index is 1040. The van der Waals surface area contributed by atoms with E-state index in [1.807, 2.05) is 23.5 Å². The zero-order valence-corrected chi connectivity index (χ0v) is 16.3. The van der Waals surface area contributed by atoms with Gasteiger partial charge >= 0.3 is 18.0 Å². The highest BCUT2D eigenvalue weighted by Crippen LogP contribution is 2.34. The number of aliphatic hydroxyl groups excluding tert-OH is 1. The fraction of sp³-hybridized carbons (Fsp3) is 0.143. The number of carbonyl (C=O) groups excluding carboxylic acids is 2. The molecule has 1 heterocycles. The van der Waals surface area contributed by atoms with E-state index in [4.69, 9.17) is 0 Å². The minimum absolute atomic E-state index is 0.000647. The molecule has 2 amide bonds. The van der Waals surface area contributed by atoms with Crippen LogP contribution in [0.25, 0.3) is 0 Å². The van der Waals surface area contributed by atoms with Crippen molar-refractivity contribution in [3.8, 4) is 0 Å². The molecular formula is C21H17F3N2O3S. The number of alkyl halides is 3. The summed E-state index contributed by atoms with van der Waals surface area (Å²) >= 11 is 1.25. The van der Waals surface area contributed by atoms with E-state index in [2.05, 4.69) is 5.32 Å². The van der Waals surface area contributed by atoms with Crippen molar-refractivity contribution in [2.24, 2.45) is 0 Å². The molecule has 0 aliphatic carbocycles. The number of carbonyl (C=O) groups is 2. The predicted octanol–water partition coefficient (Wildman–Crippen LogP) is 4.10. The van der Waals surface area contributed by atoms with Crippen LogP contribution in [0.2, 0.25) is 0 Å². The van der Waals surface area contributed by atoms with Crippen LogP contribution in [0, 0.1) is 0 Å². The molecule has 9 heteroatoms. The van der Waals surface area contributed by atoms with Gasteiger partial charge in [0, 0.05) is 9.75 Å². The Hall–Kier alpha value is -3.17. The molecule has 0 saturated carbocycles. The standard InChI is InChI=1S/C21H17F3N2O3S/c22-21(23,24)15-8-4-5-9-16(15)26-20(29)19(28)25-12-14-10-11-17(30-14)18(27)13-6-2-1-3-7-13/h1-11,18,27H,12H2,(H,25,28)(H,26,29). The van der Waals surface area contributed by atoms with Crippen LogP contribution in [0.15, 0.2) is 66.7 Å². The number of halogens is 3. The van der Waals surface area contributed by atoms with Gasteiger partial charge < -0.3 is 15.7 Å². The molecule has 156 valence electrons. The van der Waals surface area contributed by atoms with Crippen LogP contribution in [-0.2, 0) is 22.3 Å². The van der Waals surface area contributed by atoms with Crippen LogP contribution in [0.4, 0.5) is 18.9 Å². The van der Waals surface area contributed by atoms with Crippen molar-refractivity contribution < 1.29 is 27.9 Å². The quantitative estimate of drug-likeness (QED) is 0.529. The molecule has 3 aromatic rings. The summed E-state index contributed by atoms with van der Waals surface area (Å²) in [7, 11) is 0. The molecular weight excluding hydrogens is 417 g/mol. The van der Waals surface area contributed by atoms with Gasteiger partial charge in [-0.05, 0) is 29.8 Å². The van der Waals surface area contributed by atoms with Gasteiger partial charge in [0.2, 0.25) is 0 Å². The molecule has 30 heavy (non-hydrogen) atoms. The van der Waals surface area contributed by atoms with E-state index < -0.39 is 35.3 Å². The molecule has 1 unspecified atom stereocenters. The Balaban J connectivity index is 1.59. The fourth-order valence-corrected chi connectivity index (χ4v) is 3.67. The van der Waals surface area contributed by atoms with E-state index in [0.717, 1.165) is 17.7 Å². The van der Waals surface area contributed by atoms with Crippen LogP contribution in [0.5, 0.6) is 0 Å². The second-order valence-corrected chi connectivity index (χ2v) is 7.50. The second-order valence-electron chi connectivity index (χ2n) is 6.30. The topological polar surface area (TPSA) is 78.4 Å². The zero-order valence-electron chi connectivity index (χ0n) is 15.4. The smallest absolute Gasteiger partial charge is 0.383 e. The monoisotopic (exact) mass is 434 g/mol. The van der Waals surface area contributed by atoms with Gasteiger partial charge in [-0.2, -0.15) is 13.2 Å². The van der Waals surface area contributed by atoms with Crippen molar-refractivity contribution >= 4 is 28.8 Å². The third-order valence-electron chi connectivity index (χ3n) is 4.18. The average Bonchev–Trinajstić information content (AvgIpc) is 3.20. The predicted molar refractivity (Wildman–Crippen MR) is 107 cm³/mol. The number of hydrogen-bond acceptors (Lipinski definition) is 4. The summed E-state index contributed by atoms with van der Waals surface area (Å²) in [5, 5.41) is 14.7. The minimum atomic E-state index is -4.66. The number of para-hydroxylation sites is 1. The van der Waals surface area contributed by atoms with Gasteiger partial charge in [0.1, 0.15) is 6.10 Å². The number of nitrogens with one attached hydrogen (secondary N) is 2. The van der Waals surface area contributed by atoms with Crippen LogP contribution in [0.3, 0.4) is 0 Å². The number of rotatable bonds is 5. The van der Waals surface area contributed by atoms with Crippen molar-refractivity contribution in [1.29, 1.82) is 0 Å². The molecule has 0 spiro atoms. The molecule has 0 aliphatic rings. The largest absolute Gasteiger partial charge is 0.418 e. The van der Waals surface area contributed by atoms with Gasteiger partial charge in [0.25, 0.3) is 0 Å². The molecule has 2 aromatic carbocycles. The zero-order chi connectivity index (χ0) is 21.7. The molecule has 1 atom stereocenters. The second kappa shape index (κ2) is 9.10. The summed E-state index contributed by atoms with van der Waals surface area (Å²) in [4.78, 5) is 25.3. The molecule has 3 N–H and O–H groups in total. The lowest BCUT2D eigenvalue weighted by Crippen LogP contribution is -2.35. The maximum absolute atomic E-state index is 13.0. The van der Waals surface area contributed by atoms with Crippen molar-refractivity contribution in [1.82, 2.24) is 5.32 Å². The van der Waals surface area contributed by atoms with Crippen LogP contribution in [-0.4, -0.2) is 16.9 Å². The third-order valence-corrected chi connectivity index (χ3v) is 5.31. The molecule has 3 rings (SSSR count). The Kier molecular flexibility index (Phi) is 6.53. The highest BCUT2D eigenvalue weighted by molar-refractivity contribution is 7.12. The van der Waals surface area contributed by atoms with Crippen molar-refractivity contribution in [2.45, 2.75) is 18.8 Å². The van der Waals surface area contributed by atoms with Crippen LogP contribution < -0.4 is 10.6 Å². The summed E-state index contributed by atoms with van der Waals surface area (Å²) in [6.07, 6.45) is -5.48. The van der Waals surface area contributed by atoms with Crippen molar-refractivity contribution in [2.75, 3.05) is 5.32 Å². The molecule has 0 bridgehead atoms. The van der Waals surface area contributed by atoms with Gasteiger partial charge in [-0.25, -0.2) is 0 Å². The summed E-state index contributed by atoms with van der Waals surface area (Å²) in [5.74, 6) is -2.27. The van der Waals surface area contributed by atoms with E-state index in [1.165, 1.54) is 23.5 Å². The third kappa shape index (κ3) is 5.25. The summed E-state index contributed by atoms with van der Waals surface area (Å²) in [6, 6.07) is 16.8. The van der Waals surface area contributed by atoms with E-state index in [9.17, 15) is 27.9 Å². The first-order valence-electron chi connectivity index (χ1n) is 8.82. The maximum Gasteiger partial charge on any atom is 0.418 e. The molecule has 1 aromatic heterocycles. The van der Waals surface area contributed by atoms with Gasteiger partial charge in [-0.1, -0.05) is 42.5 Å². The molecule has 0 saturated heterocycles. The number of anilines is 1. The van der Waals surface area contributed by atoms with Crippen LogP contribution >= 0.6 is 11.3 Å². The first-order valence-corrected chi connectivity index (χ1v) is 9.64. The maximum atomic E-state index is 13.0. The van der Waals surface area contributed by atoms with Gasteiger partial charge in [-0.15, -0.1) is 11.3 Å². The lowest BCUT2D eigenvalue weighted by atomic mass is 10.1. The number of thiophene rings is 1. The van der Waals surface area contributed by atoms with E-state index in [-0.39, 0.29) is 6.54 Å². The van der Waals surface area contributed by atoms with Crippen molar-refractivity contribution in [3.63, 3.8) is 0 Å². The number of aliphatic hydroxyl groups is 1. The van der Waals surface area contributed by atoms with E-state index in [1.54, 1.807) is 24.3 Å². The van der Waals surface area contributed by atoms with Crippen LogP contribution in [0.1, 0.15) is 27.0 Å². The minimum Gasteiger partial charge on any atom is -0.383 e. The SMILES string of the molecule is O=C(NCc1ccc(C(O)c2ccccc2)s1)C(=O)Nc1ccccc1C(F)(F)F. The normalized spacial score (nSPS) is 12.3. The van der Waals surface area contributed by atoms with Crippen molar-refractivity contribution in [3.05, 3.63) is 87.6 Å². The first-order chi connectivity index (χ1) is 14.3. The highest BCUT2D eigenvalue weighted by Gasteiger charge is 2.34. The Morgan fingerprint density at radius 1 is 0.933 bits per heavy atom. The van der Waals surface area contributed by atoms with Gasteiger partial charge in [0.05, 0.1) is 17.8 Å². The lowest BCUT2D eigenvalue weighted by Gasteiger charge is -2.13. The average molecular weight is 434 g/mol. The lowest BCUT2D eigenvalue weighted by molar-refractivity contribution is -0.138. The summed E-state index contributed by atoms with van der Waals surface area (Å²) in [5.41, 5.74) is -0.809.